The Labute approximate surface area is 120 Å². The third-order valence-corrected chi connectivity index (χ3v) is 4.07. The molecule has 112 valence electrons. The van der Waals surface area contributed by atoms with Crippen LogP contribution in [0.5, 0.6) is 0 Å². The maximum atomic E-state index is 10.3. The first-order valence-electron chi connectivity index (χ1n) is 7.29. The van der Waals surface area contributed by atoms with Gasteiger partial charge in [-0.25, -0.2) is 0 Å². The average Bonchev–Trinajstić information content (AvgIpc) is 2.12. The Morgan fingerprint density at radius 3 is 2.16 bits per heavy atom. The van der Waals surface area contributed by atoms with Crippen molar-refractivity contribution in [2.75, 3.05) is 0 Å². The van der Waals surface area contributed by atoms with E-state index in [9.17, 15) is 4.79 Å². The lowest BCUT2D eigenvalue weighted by molar-refractivity contribution is -0.108. The van der Waals surface area contributed by atoms with Crippen LogP contribution in [0.15, 0.2) is 12.2 Å². The zero-order chi connectivity index (χ0) is 15.2. The van der Waals surface area contributed by atoms with Crippen LogP contribution in [-0.4, -0.2) is 20.2 Å². The van der Waals surface area contributed by atoms with E-state index in [4.69, 9.17) is 4.43 Å². The smallest absolute Gasteiger partial charge is 0.184 e. The lowest BCUT2D eigenvalue weighted by Gasteiger charge is -2.31. The molecule has 19 heavy (non-hydrogen) atoms. The molecule has 0 fully saturated rings. The second kappa shape index (κ2) is 7.39. The Bertz CT molecular complexity index is 298. The highest BCUT2D eigenvalue weighted by atomic mass is 28.4. The van der Waals surface area contributed by atoms with Crippen LogP contribution < -0.4 is 0 Å². The number of allylic oxidation sites excluding steroid dienone is 1. The van der Waals surface area contributed by atoms with E-state index in [1.807, 2.05) is 0 Å². The van der Waals surface area contributed by atoms with Crippen molar-refractivity contribution in [3.05, 3.63) is 12.2 Å². The van der Waals surface area contributed by atoms with Crippen molar-refractivity contribution in [2.24, 2.45) is 5.41 Å². The van der Waals surface area contributed by atoms with Gasteiger partial charge in [-0.3, -0.25) is 0 Å². The van der Waals surface area contributed by atoms with Crippen molar-refractivity contribution in [3.8, 4) is 0 Å². The van der Waals surface area contributed by atoms with E-state index in [1.165, 1.54) is 0 Å². The fourth-order valence-corrected chi connectivity index (χ4v) is 3.90. The van der Waals surface area contributed by atoms with Gasteiger partial charge in [0.15, 0.2) is 8.32 Å². The highest BCUT2D eigenvalue weighted by Gasteiger charge is 2.25. The van der Waals surface area contributed by atoms with E-state index in [-0.39, 0.29) is 11.0 Å². The highest BCUT2D eigenvalue weighted by molar-refractivity contribution is 6.69. The molecule has 2 nitrogen and oxygen atoms in total. The molecular weight excluding hydrogens is 252 g/mol. The second-order valence-electron chi connectivity index (χ2n) is 7.65. The second-order valence-corrected chi connectivity index (χ2v) is 12.1. The van der Waals surface area contributed by atoms with Crippen LogP contribution >= 0.6 is 0 Å². The number of rotatable bonds is 9. The minimum Gasteiger partial charge on any atom is -0.409 e. The molecule has 0 aromatic heterocycles. The van der Waals surface area contributed by atoms with E-state index in [1.54, 1.807) is 0 Å². The monoisotopic (exact) mass is 284 g/mol. The summed E-state index contributed by atoms with van der Waals surface area (Å²) in [7, 11) is -1.50. The minimum absolute atomic E-state index is 0.177. The van der Waals surface area contributed by atoms with Gasteiger partial charge in [0.2, 0.25) is 0 Å². The summed E-state index contributed by atoms with van der Waals surface area (Å²) in [5.41, 5.74) is 0.0814. The van der Waals surface area contributed by atoms with Gasteiger partial charge in [-0.2, -0.15) is 0 Å². The molecule has 0 saturated heterocycles. The summed E-state index contributed by atoms with van der Waals surface area (Å²) in [6.45, 7) is 15.4. The third kappa shape index (κ3) is 11.1. The first kappa shape index (κ1) is 18.6. The Balaban J connectivity index is 4.28. The van der Waals surface area contributed by atoms with Gasteiger partial charge in [-0.1, -0.05) is 26.0 Å². The molecule has 0 spiro atoms. The minimum atomic E-state index is -1.50. The molecule has 0 aromatic carbocycles. The molecule has 0 heterocycles. The van der Waals surface area contributed by atoms with Crippen molar-refractivity contribution in [1.82, 2.24) is 0 Å². The Morgan fingerprint density at radius 1 is 1.11 bits per heavy atom. The van der Waals surface area contributed by atoms with Crippen LogP contribution in [0.3, 0.4) is 0 Å². The van der Waals surface area contributed by atoms with Crippen LogP contribution in [0.2, 0.25) is 19.6 Å². The summed E-state index contributed by atoms with van der Waals surface area (Å²) in [5, 5.41) is 0. The average molecular weight is 285 g/mol. The summed E-state index contributed by atoms with van der Waals surface area (Å²) >= 11 is 0. The van der Waals surface area contributed by atoms with Crippen molar-refractivity contribution >= 4 is 14.6 Å². The Hall–Kier alpha value is -0.413. The van der Waals surface area contributed by atoms with Gasteiger partial charge in [0, 0.05) is 6.42 Å². The molecule has 0 unspecified atom stereocenters. The lowest BCUT2D eigenvalue weighted by Crippen LogP contribution is -2.37. The van der Waals surface area contributed by atoms with Crippen molar-refractivity contribution in [3.63, 3.8) is 0 Å². The van der Waals surface area contributed by atoms with Crippen molar-refractivity contribution < 1.29 is 9.22 Å². The Kier molecular flexibility index (Phi) is 7.23. The fourth-order valence-electron chi connectivity index (χ4n) is 2.25. The van der Waals surface area contributed by atoms with Gasteiger partial charge in [-0.15, -0.1) is 0 Å². The van der Waals surface area contributed by atoms with Crippen molar-refractivity contribution in [1.29, 1.82) is 0 Å². The van der Waals surface area contributed by atoms with E-state index in [0.29, 0.717) is 6.42 Å². The standard InChI is InChI=1S/C16H32O2Si/c1-15(2,11-8-9-14-17)12-10-13-16(3,4)18-19(5,6)7/h10,13-14H,8-9,11-12H2,1-7H3. The van der Waals surface area contributed by atoms with Crippen molar-refractivity contribution in [2.45, 2.75) is 78.6 Å². The number of aldehydes is 1. The molecular formula is C16H32O2Si. The summed E-state index contributed by atoms with van der Waals surface area (Å²) in [4.78, 5) is 10.3. The molecule has 0 atom stereocenters. The van der Waals surface area contributed by atoms with Gasteiger partial charge in [0.05, 0.1) is 5.60 Å². The van der Waals surface area contributed by atoms with Crippen LogP contribution in [-0.2, 0) is 9.22 Å². The SMILES string of the molecule is CC(C)(CC=CC(C)(C)O[Si](C)(C)C)CCCC=O. The topological polar surface area (TPSA) is 26.3 Å². The maximum Gasteiger partial charge on any atom is 0.184 e. The summed E-state index contributed by atoms with van der Waals surface area (Å²) < 4.78 is 6.14. The largest absolute Gasteiger partial charge is 0.409 e. The third-order valence-electron chi connectivity index (χ3n) is 2.93. The predicted octanol–water partition coefficient (Wildman–Crippen LogP) is 4.96. The molecule has 0 bridgehead atoms. The molecule has 0 aromatic rings. The number of hydrogen-bond acceptors (Lipinski definition) is 2. The van der Waals surface area contributed by atoms with E-state index < -0.39 is 8.32 Å². The number of hydrogen-bond donors (Lipinski definition) is 0. The first-order valence-corrected chi connectivity index (χ1v) is 10.7. The van der Waals surface area contributed by atoms with E-state index >= 15 is 0 Å². The molecule has 0 N–H and O–H groups in total. The molecule has 3 heteroatoms. The van der Waals surface area contributed by atoms with Gasteiger partial charge in [0.1, 0.15) is 6.29 Å². The lowest BCUT2D eigenvalue weighted by atomic mass is 9.83. The van der Waals surface area contributed by atoms with Gasteiger partial charge >= 0.3 is 0 Å². The van der Waals surface area contributed by atoms with Crippen LogP contribution in [0.4, 0.5) is 0 Å². The summed E-state index contributed by atoms with van der Waals surface area (Å²) in [6.07, 6.45) is 9.22. The zero-order valence-electron chi connectivity index (χ0n) is 13.9. The molecule has 0 rings (SSSR count). The van der Waals surface area contributed by atoms with Crippen LogP contribution in [0.1, 0.15) is 53.4 Å². The quantitative estimate of drug-likeness (QED) is 0.259. The first-order chi connectivity index (χ1) is 8.47. The molecule has 0 aliphatic rings. The molecule has 0 radical (unpaired) electrons. The molecule has 0 aliphatic heterocycles. The molecule has 0 amide bonds. The number of carbonyl (C=O) groups excluding carboxylic acids is 1. The van der Waals surface area contributed by atoms with Crippen LogP contribution in [0.25, 0.3) is 0 Å². The van der Waals surface area contributed by atoms with E-state index in [0.717, 1.165) is 25.5 Å². The summed E-state index contributed by atoms with van der Waals surface area (Å²) in [5.74, 6) is 0. The number of carbonyl (C=O) groups is 1. The van der Waals surface area contributed by atoms with Gasteiger partial charge in [-0.05, 0) is 58.2 Å². The zero-order valence-corrected chi connectivity index (χ0v) is 14.9. The maximum absolute atomic E-state index is 10.3. The number of unbranched alkanes of at least 4 members (excludes halogenated alkanes) is 1. The normalized spacial score (nSPS) is 14.1. The molecule has 0 saturated carbocycles. The van der Waals surface area contributed by atoms with Gasteiger partial charge < -0.3 is 9.22 Å². The van der Waals surface area contributed by atoms with Gasteiger partial charge in [0.25, 0.3) is 0 Å². The Morgan fingerprint density at radius 2 is 1.68 bits per heavy atom. The fraction of sp³-hybridized carbons (Fsp3) is 0.812. The predicted molar refractivity (Wildman–Crippen MR) is 86.0 cm³/mol. The van der Waals surface area contributed by atoms with E-state index in [2.05, 4.69) is 59.5 Å². The highest BCUT2D eigenvalue weighted by Crippen LogP contribution is 2.28. The van der Waals surface area contributed by atoms with Crippen LogP contribution in [0, 0.1) is 5.41 Å². The molecule has 0 aliphatic carbocycles. The summed E-state index contributed by atoms with van der Waals surface area (Å²) in [6, 6.07) is 0.